The highest BCUT2D eigenvalue weighted by Gasteiger charge is 2.25. The van der Waals surface area contributed by atoms with Crippen LogP contribution in [0, 0.1) is 0 Å². The van der Waals surface area contributed by atoms with Gasteiger partial charge in [-0.05, 0) is 55.0 Å². The molecule has 36 heavy (non-hydrogen) atoms. The summed E-state index contributed by atoms with van der Waals surface area (Å²) in [6.07, 6.45) is -0.0584. The molecule has 8 nitrogen and oxygen atoms in total. The number of nitrogens with one attached hydrogen (secondary N) is 2. The number of carbonyl (C=O) groups is 3. The Morgan fingerprint density at radius 2 is 1.86 bits per heavy atom. The molecule has 3 amide bonds. The number of rotatable bonds is 6. The van der Waals surface area contributed by atoms with Crippen molar-refractivity contribution in [2.45, 2.75) is 19.4 Å². The Bertz CT molecular complexity index is 1340. The van der Waals surface area contributed by atoms with E-state index in [9.17, 15) is 19.5 Å². The minimum absolute atomic E-state index is 0.113. The van der Waals surface area contributed by atoms with Crippen molar-refractivity contribution in [3.05, 3.63) is 69.1 Å². The molecule has 3 N–H and O–H groups in total. The second-order valence-electron chi connectivity index (χ2n) is 8.44. The molecule has 0 bridgehead atoms. The van der Waals surface area contributed by atoms with Gasteiger partial charge in [0.15, 0.2) is 0 Å². The minimum atomic E-state index is -0.676. The van der Waals surface area contributed by atoms with Gasteiger partial charge in [0, 0.05) is 48.6 Å². The SMILES string of the molecule is CNC(=O)c1ccc2c(c1)OCCc1cc(C(=O)N(C)c3cc(C(=O)NC[C@@H](C)O)ccc3Cl)sc1-2. The van der Waals surface area contributed by atoms with E-state index in [1.807, 2.05) is 12.1 Å². The Morgan fingerprint density at radius 3 is 2.58 bits per heavy atom. The van der Waals surface area contributed by atoms with Crippen molar-refractivity contribution >= 4 is 46.3 Å². The first-order chi connectivity index (χ1) is 17.2. The highest BCUT2D eigenvalue weighted by molar-refractivity contribution is 7.17. The van der Waals surface area contributed by atoms with Crippen molar-refractivity contribution in [1.82, 2.24) is 10.6 Å². The molecular weight excluding hydrogens is 502 g/mol. The van der Waals surface area contributed by atoms with E-state index < -0.39 is 6.10 Å². The van der Waals surface area contributed by atoms with Gasteiger partial charge in [-0.1, -0.05) is 11.6 Å². The van der Waals surface area contributed by atoms with Gasteiger partial charge in [-0.25, -0.2) is 0 Å². The van der Waals surface area contributed by atoms with Gasteiger partial charge in [0.2, 0.25) is 0 Å². The first-order valence-electron chi connectivity index (χ1n) is 11.4. The Kier molecular flexibility index (Phi) is 7.63. The summed E-state index contributed by atoms with van der Waals surface area (Å²) >= 11 is 7.73. The van der Waals surface area contributed by atoms with Gasteiger partial charge < -0.3 is 25.4 Å². The molecule has 0 fully saturated rings. The molecule has 2 heterocycles. The Balaban J connectivity index is 1.63. The number of hydrogen-bond donors (Lipinski definition) is 3. The van der Waals surface area contributed by atoms with Crippen molar-refractivity contribution < 1.29 is 24.2 Å². The fraction of sp³-hybridized carbons (Fsp3) is 0.269. The van der Waals surface area contributed by atoms with Crippen LogP contribution in [0.3, 0.4) is 0 Å². The Morgan fingerprint density at radius 1 is 1.14 bits per heavy atom. The second-order valence-corrected chi connectivity index (χ2v) is 9.90. The average Bonchev–Trinajstić information content (AvgIpc) is 3.22. The number of amides is 3. The predicted octanol–water partition coefficient (Wildman–Crippen LogP) is 3.75. The smallest absolute Gasteiger partial charge is 0.268 e. The number of fused-ring (bicyclic) bond motifs is 3. The fourth-order valence-electron chi connectivity index (χ4n) is 3.86. The number of halogens is 1. The van der Waals surface area contributed by atoms with Crippen molar-refractivity contribution in [3.63, 3.8) is 0 Å². The van der Waals surface area contributed by atoms with Gasteiger partial charge in [-0.3, -0.25) is 14.4 Å². The maximum Gasteiger partial charge on any atom is 0.268 e. The molecule has 0 aliphatic carbocycles. The van der Waals surface area contributed by atoms with Gasteiger partial charge in [-0.15, -0.1) is 11.3 Å². The lowest BCUT2D eigenvalue weighted by atomic mass is 10.0. The summed E-state index contributed by atoms with van der Waals surface area (Å²) in [7, 11) is 3.18. The van der Waals surface area contributed by atoms with Crippen LogP contribution < -0.4 is 20.3 Å². The summed E-state index contributed by atoms with van der Waals surface area (Å²) in [6.45, 7) is 2.11. The van der Waals surface area contributed by atoms with E-state index in [2.05, 4.69) is 10.6 Å². The highest BCUT2D eigenvalue weighted by Crippen LogP contribution is 2.42. The zero-order valence-corrected chi connectivity index (χ0v) is 21.6. The maximum atomic E-state index is 13.5. The van der Waals surface area contributed by atoms with Gasteiger partial charge in [0.25, 0.3) is 17.7 Å². The molecule has 3 aromatic rings. The third-order valence-corrected chi connectivity index (χ3v) is 7.31. The molecule has 0 spiro atoms. The summed E-state index contributed by atoms with van der Waals surface area (Å²) in [5.41, 5.74) is 3.04. The number of carbonyl (C=O) groups excluding carboxylic acids is 3. The number of thiophene rings is 1. The van der Waals surface area contributed by atoms with Crippen LogP contribution in [0.5, 0.6) is 5.75 Å². The number of ether oxygens (including phenoxy) is 1. The van der Waals surface area contributed by atoms with Crippen LogP contribution in [-0.4, -0.2) is 56.2 Å². The predicted molar refractivity (Wildman–Crippen MR) is 141 cm³/mol. The topological polar surface area (TPSA) is 108 Å². The molecule has 0 radical (unpaired) electrons. The number of nitrogens with zero attached hydrogens (tertiary/aromatic N) is 1. The molecule has 10 heteroatoms. The van der Waals surface area contributed by atoms with Crippen LogP contribution in [0.25, 0.3) is 10.4 Å². The van der Waals surface area contributed by atoms with Crippen LogP contribution in [-0.2, 0) is 6.42 Å². The van der Waals surface area contributed by atoms with Crippen LogP contribution in [0.2, 0.25) is 5.02 Å². The van der Waals surface area contributed by atoms with E-state index in [0.717, 1.165) is 16.0 Å². The number of aliphatic hydroxyl groups is 1. The monoisotopic (exact) mass is 527 g/mol. The van der Waals surface area contributed by atoms with E-state index in [0.29, 0.717) is 45.5 Å². The molecule has 188 valence electrons. The maximum absolute atomic E-state index is 13.5. The molecule has 4 rings (SSSR count). The van der Waals surface area contributed by atoms with Crippen molar-refractivity contribution in [3.8, 4) is 16.2 Å². The van der Waals surface area contributed by atoms with Crippen LogP contribution in [0.15, 0.2) is 42.5 Å². The zero-order valence-electron chi connectivity index (χ0n) is 20.1. The molecule has 0 saturated carbocycles. The zero-order chi connectivity index (χ0) is 26.0. The van der Waals surface area contributed by atoms with Crippen LogP contribution in [0.1, 0.15) is 42.9 Å². The molecule has 2 aromatic carbocycles. The standard InChI is InChI=1S/C26H26ClN3O5S/c1-14(31)13-29-25(33)16-5-7-19(27)20(10-16)30(3)26(34)22-12-15-8-9-35-21-11-17(24(32)28-2)4-6-18(21)23(15)36-22/h4-7,10-12,14,31H,8-9,13H2,1-3H3,(H,28,32)(H,29,33)/t14-/m1/s1. The van der Waals surface area contributed by atoms with E-state index in [-0.39, 0.29) is 24.3 Å². The number of hydrogen-bond acceptors (Lipinski definition) is 6. The Hall–Kier alpha value is -3.40. The van der Waals surface area contributed by atoms with E-state index >= 15 is 0 Å². The van der Waals surface area contributed by atoms with Gasteiger partial charge >= 0.3 is 0 Å². The highest BCUT2D eigenvalue weighted by atomic mass is 35.5. The van der Waals surface area contributed by atoms with Crippen molar-refractivity contribution in [2.24, 2.45) is 0 Å². The normalized spacial score (nSPS) is 12.9. The lowest BCUT2D eigenvalue weighted by Gasteiger charge is -2.19. The Labute approximate surface area is 217 Å². The summed E-state index contributed by atoms with van der Waals surface area (Å²) in [6, 6.07) is 11.8. The van der Waals surface area contributed by atoms with Crippen molar-refractivity contribution in [1.29, 1.82) is 0 Å². The largest absolute Gasteiger partial charge is 0.493 e. The molecule has 0 unspecified atom stereocenters. The quantitative estimate of drug-likeness (QED) is 0.452. The summed E-state index contributed by atoms with van der Waals surface area (Å²) in [5.74, 6) is -0.234. The first kappa shape index (κ1) is 25.7. The van der Waals surface area contributed by atoms with Gasteiger partial charge in [-0.2, -0.15) is 0 Å². The van der Waals surface area contributed by atoms with Crippen LogP contribution in [0.4, 0.5) is 5.69 Å². The minimum Gasteiger partial charge on any atom is -0.493 e. The number of anilines is 1. The third-order valence-electron chi connectivity index (χ3n) is 5.80. The summed E-state index contributed by atoms with van der Waals surface area (Å²) in [5, 5.41) is 15.0. The van der Waals surface area contributed by atoms with E-state index in [4.69, 9.17) is 16.3 Å². The summed E-state index contributed by atoms with van der Waals surface area (Å²) in [4.78, 5) is 40.8. The molecule has 1 atom stereocenters. The lowest BCUT2D eigenvalue weighted by molar-refractivity contribution is 0.0922. The van der Waals surface area contributed by atoms with Gasteiger partial charge in [0.1, 0.15) is 5.75 Å². The third kappa shape index (κ3) is 5.23. The average molecular weight is 528 g/mol. The first-order valence-corrected chi connectivity index (χ1v) is 12.5. The summed E-state index contributed by atoms with van der Waals surface area (Å²) < 4.78 is 5.89. The molecule has 1 aromatic heterocycles. The molecule has 0 saturated heterocycles. The number of benzene rings is 2. The van der Waals surface area contributed by atoms with Crippen molar-refractivity contribution in [2.75, 3.05) is 32.1 Å². The van der Waals surface area contributed by atoms with Gasteiger partial charge in [0.05, 0.1) is 28.3 Å². The molecular formula is C26H26ClN3O5S. The molecule has 1 aliphatic rings. The number of aliphatic hydroxyl groups excluding tert-OH is 1. The second kappa shape index (κ2) is 10.7. The molecule has 1 aliphatic heterocycles. The fourth-order valence-corrected chi connectivity index (χ4v) is 5.32. The van der Waals surface area contributed by atoms with E-state index in [1.54, 1.807) is 51.4 Å². The lowest BCUT2D eigenvalue weighted by Crippen LogP contribution is -2.31. The van der Waals surface area contributed by atoms with Crippen LogP contribution >= 0.6 is 22.9 Å². The van der Waals surface area contributed by atoms with E-state index in [1.165, 1.54) is 16.2 Å².